The monoisotopic (exact) mass is 341 g/mol. The van der Waals surface area contributed by atoms with Crippen molar-refractivity contribution in [1.29, 1.82) is 0 Å². The molecule has 1 aromatic carbocycles. The van der Waals surface area contributed by atoms with Crippen LogP contribution in [0.25, 0.3) is 11.6 Å². The van der Waals surface area contributed by atoms with Gasteiger partial charge in [0, 0.05) is 18.4 Å². The van der Waals surface area contributed by atoms with Crippen LogP contribution in [0.2, 0.25) is 0 Å². The van der Waals surface area contributed by atoms with Gasteiger partial charge in [0.05, 0.1) is 18.9 Å². The Morgan fingerprint density at radius 3 is 3.08 bits per heavy atom. The van der Waals surface area contributed by atoms with Crippen LogP contribution in [-0.2, 0) is 11.3 Å². The summed E-state index contributed by atoms with van der Waals surface area (Å²) in [4.78, 5) is 4.30. The molecule has 4 rings (SSSR count). The Hall–Kier alpha value is -2.80. The highest BCUT2D eigenvalue weighted by Crippen LogP contribution is 2.21. The highest BCUT2D eigenvalue weighted by Gasteiger charge is 2.16. The van der Waals surface area contributed by atoms with Crippen molar-refractivity contribution in [1.82, 2.24) is 10.1 Å². The van der Waals surface area contributed by atoms with Crippen molar-refractivity contribution in [3.8, 4) is 17.3 Å². The van der Waals surface area contributed by atoms with Gasteiger partial charge in [-0.1, -0.05) is 11.2 Å². The lowest BCUT2D eigenvalue weighted by Crippen LogP contribution is -2.16. The molecule has 1 aliphatic heterocycles. The van der Waals surface area contributed by atoms with Crippen LogP contribution in [0.1, 0.15) is 18.7 Å². The Morgan fingerprint density at radius 1 is 1.24 bits per heavy atom. The maximum Gasteiger partial charge on any atom is 0.246 e. The van der Waals surface area contributed by atoms with Crippen LogP contribution < -0.4 is 10.1 Å². The quantitative estimate of drug-likeness (QED) is 0.704. The van der Waals surface area contributed by atoms with Crippen molar-refractivity contribution in [3.63, 3.8) is 0 Å². The van der Waals surface area contributed by atoms with E-state index in [0.717, 1.165) is 30.9 Å². The normalized spacial score (nSPS) is 16.9. The molecule has 0 saturated carbocycles. The predicted octanol–water partition coefficient (Wildman–Crippen LogP) is 3.50. The molecule has 0 bridgehead atoms. The molecule has 0 amide bonds. The molecule has 0 radical (unpaired) electrons. The summed E-state index contributed by atoms with van der Waals surface area (Å²) < 4.78 is 21.8. The first kappa shape index (κ1) is 15.7. The lowest BCUT2D eigenvalue weighted by molar-refractivity contribution is 0.0680. The summed E-state index contributed by atoms with van der Waals surface area (Å²) in [5, 5.41) is 7.15. The van der Waals surface area contributed by atoms with Crippen molar-refractivity contribution < 1.29 is 18.4 Å². The minimum Gasteiger partial charge on any atom is -0.491 e. The van der Waals surface area contributed by atoms with Crippen molar-refractivity contribution in [2.75, 3.05) is 18.5 Å². The predicted molar refractivity (Wildman–Crippen MR) is 90.2 cm³/mol. The number of nitrogens with zero attached hydrogens (tertiary/aromatic N) is 2. The minimum atomic E-state index is 0.204. The number of benzene rings is 1. The molecule has 3 aromatic rings. The van der Waals surface area contributed by atoms with Gasteiger partial charge in [-0.2, -0.15) is 4.98 Å². The van der Waals surface area contributed by atoms with E-state index in [2.05, 4.69) is 15.5 Å². The summed E-state index contributed by atoms with van der Waals surface area (Å²) in [5.74, 6) is 2.31. The molecular weight excluding hydrogens is 322 g/mol. The smallest absolute Gasteiger partial charge is 0.246 e. The van der Waals surface area contributed by atoms with Gasteiger partial charge in [0.2, 0.25) is 11.7 Å². The Balaban J connectivity index is 1.32. The van der Waals surface area contributed by atoms with E-state index >= 15 is 0 Å². The van der Waals surface area contributed by atoms with Gasteiger partial charge in [-0.05, 0) is 37.1 Å². The van der Waals surface area contributed by atoms with Gasteiger partial charge in [-0.3, -0.25) is 0 Å². The number of hydrogen-bond acceptors (Lipinski definition) is 7. The molecule has 3 heterocycles. The second kappa shape index (κ2) is 7.40. The van der Waals surface area contributed by atoms with Crippen molar-refractivity contribution in [3.05, 3.63) is 48.6 Å². The van der Waals surface area contributed by atoms with E-state index in [1.807, 2.05) is 24.3 Å². The van der Waals surface area contributed by atoms with E-state index in [-0.39, 0.29) is 6.10 Å². The van der Waals surface area contributed by atoms with Gasteiger partial charge in [-0.15, -0.1) is 0 Å². The summed E-state index contributed by atoms with van der Waals surface area (Å²) in [6, 6.07) is 11.3. The van der Waals surface area contributed by atoms with Gasteiger partial charge in [0.15, 0.2) is 5.76 Å². The topological polar surface area (TPSA) is 82.6 Å². The highest BCUT2D eigenvalue weighted by atomic mass is 16.5. The molecule has 0 spiro atoms. The molecule has 1 N–H and O–H groups in total. The molecule has 0 unspecified atom stereocenters. The minimum absolute atomic E-state index is 0.204. The van der Waals surface area contributed by atoms with Gasteiger partial charge >= 0.3 is 0 Å². The number of ether oxygens (including phenoxy) is 2. The standard InChI is InChI=1S/C18H19N3O4/c1-4-13(10-14(5-1)24-12-15-6-2-8-22-15)19-11-17-20-18(21-25-17)16-7-3-9-23-16/h1,3-5,7,9-10,15,19H,2,6,8,11-12H2/t15-/m0/s1. The van der Waals surface area contributed by atoms with E-state index in [0.29, 0.717) is 30.6 Å². The molecule has 0 aliphatic carbocycles. The van der Waals surface area contributed by atoms with Crippen molar-refractivity contribution >= 4 is 5.69 Å². The summed E-state index contributed by atoms with van der Waals surface area (Å²) >= 11 is 0. The SMILES string of the molecule is c1cc(NCc2nc(-c3ccco3)no2)cc(OC[C@@H]2CCCO2)c1. The van der Waals surface area contributed by atoms with Gasteiger partial charge in [0.25, 0.3) is 0 Å². The number of furan rings is 1. The first-order valence-corrected chi connectivity index (χ1v) is 8.31. The fourth-order valence-electron chi connectivity index (χ4n) is 2.67. The molecule has 1 atom stereocenters. The summed E-state index contributed by atoms with van der Waals surface area (Å²) in [7, 11) is 0. The third kappa shape index (κ3) is 4.00. The fraction of sp³-hybridized carbons (Fsp3) is 0.333. The van der Waals surface area contributed by atoms with Crippen LogP contribution in [0.4, 0.5) is 5.69 Å². The van der Waals surface area contributed by atoms with Crippen LogP contribution in [0.3, 0.4) is 0 Å². The van der Waals surface area contributed by atoms with Crippen LogP contribution in [0.5, 0.6) is 5.75 Å². The summed E-state index contributed by atoms with van der Waals surface area (Å²) in [5.41, 5.74) is 0.919. The first-order chi connectivity index (χ1) is 12.4. The fourth-order valence-corrected chi connectivity index (χ4v) is 2.67. The number of anilines is 1. The van der Waals surface area contributed by atoms with E-state index < -0.39 is 0 Å². The second-order valence-electron chi connectivity index (χ2n) is 5.82. The average Bonchev–Trinajstić information content (AvgIpc) is 3.41. The Labute approximate surface area is 144 Å². The molecule has 7 nitrogen and oxygen atoms in total. The van der Waals surface area contributed by atoms with Gasteiger partial charge < -0.3 is 23.7 Å². The summed E-state index contributed by atoms with van der Waals surface area (Å²) in [6.07, 6.45) is 3.95. The molecule has 1 fully saturated rings. The van der Waals surface area contributed by atoms with Crippen LogP contribution in [0.15, 0.2) is 51.6 Å². The third-order valence-corrected chi connectivity index (χ3v) is 3.95. The molecular formula is C18H19N3O4. The zero-order chi connectivity index (χ0) is 16.9. The molecule has 1 aliphatic rings. The van der Waals surface area contributed by atoms with Crippen LogP contribution >= 0.6 is 0 Å². The Kier molecular flexibility index (Phi) is 4.65. The Morgan fingerprint density at radius 2 is 2.24 bits per heavy atom. The lowest BCUT2D eigenvalue weighted by Gasteiger charge is -2.12. The highest BCUT2D eigenvalue weighted by molar-refractivity contribution is 5.48. The first-order valence-electron chi connectivity index (χ1n) is 8.31. The number of aromatic nitrogens is 2. The molecule has 2 aromatic heterocycles. The zero-order valence-electron chi connectivity index (χ0n) is 13.7. The number of rotatable bonds is 7. The Bertz CT molecular complexity index is 794. The van der Waals surface area contributed by atoms with Crippen LogP contribution in [-0.4, -0.2) is 29.5 Å². The van der Waals surface area contributed by atoms with Crippen molar-refractivity contribution in [2.45, 2.75) is 25.5 Å². The average molecular weight is 341 g/mol. The molecule has 1 saturated heterocycles. The largest absolute Gasteiger partial charge is 0.491 e. The van der Waals surface area contributed by atoms with E-state index in [1.54, 1.807) is 18.4 Å². The summed E-state index contributed by atoms with van der Waals surface area (Å²) in [6.45, 7) is 1.84. The maximum atomic E-state index is 5.81. The van der Waals surface area contributed by atoms with Gasteiger partial charge in [0.1, 0.15) is 12.4 Å². The van der Waals surface area contributed by atoms with E-state index in [4.69, 9.17) is 18.4 Å². The van der Waals surface area contributed by atoms with Gasteiger partial charge in [-0.25, -0.2) is 0 Å². The second-order valence-corrected chi connectivity index (χ2v) is 5.82. The van der Waals surface area contributed by atoms with E-state index in [9.17, 15) is 0 Å². The number of nitrogens with one attached hydrogen (secondary N) is 1. The molecule has 7 heteroatoms. The maximum absolute atomic E-state index is 5.81. The van der Waals surface area contributed by atoms with Crippen molar-refractivity contribution in [2.24, 2.45) is 0 Å². The molecule has 130 valence electrons. The van der Waals surface area contributed by atoms with E-state index in [1.165, 1.54) is 0 Å². The third-order valence-electron chi connectivity index (χ3n) is 3.95. The zero-order valence-corrected chi connectivity index (χ0v) is 13.7. The lowest BCUT2D eigenvalue weighted by atomic mass is 10.2. The van der Waals surface area contributed by atoms with Crippen LogP contribution in [0, 0.1) is 0 Å². The number of hydrogen-bond donors (Lipinski definition) is 1. The molecule has 25 heavy (non-hydrogen) atoms.